The average molecular weight is 372 g/mol. The molecule has 0 aromatic heterocycles. The van der Waals surface area contributed by atoms with E-state index in [4.69, 9.17) is 14.6 Å². The molecule has 1 fully saturated rings. The number of hydrogen-bond donors (Lipinski definition) is 4. The van der Waals surface area contributed by atoms with Crippen LogP contribution in [0.5, 0.6) is 0 Å². The van der Waals surface area contributed by atoms with Gasteiger partial charge in [0.1, 0.15) is 24.1 Å². The van der Waals surface area contributed by atoms with Crippen LogP contribution in [0.3, 0.4) is 0 Å². The van der Waals surface area contributed by atoms with Gasteiger partial charge < -0.3 is 30.2 Å². The van der Waals surface area contributed by atoms with Crippen molar-refractivity contribution >= 4 is 5.90 Å². The van der Waals surface area contributed by atoms with Crippen molar-refractivity contribution in [2.45, 2.75) is 50.2 Å². The highest BCUT2D eigenvalue weighted by molar-refractivity contribution is 5.81. The lowest BCUT2D eigenvalue weighted by atomic mass is 9.94. The van der Waals surface area contributed by atoms with Crippen LogP contribution in [0.2, 0.25) is 0 Å². The van der Waals surface area contributed by atoms with Gasteiger partial charge in [-0.1, -0.05) is 12.1 Å². The third-order valence-electron chi connectivity index (χ3n) is 4.70. The molecule has 7 atom stereocenters. The number of aliphatic hydroxyl groups is 3. The summed E-state index contributed by atoms with van der Waals surface area (Å²) in [6.45, 7) is 1.22. The molecule has 0 amide bonds. The predicted octanol–water partition coefficient (Wildman–Crippen LogP) is 0.0833. The molecular formula is C17H22F2N2O5. The van der Waals surface area contributed by atoms with E-state index >= 15 is 0 Å². The van der Waals surface area contributed by atoms with Crippen LogP contribution in [0.1, 0.15) is 12.5 Å². The second kappa shape index (κ2) is 7.83. The molecular weight excluding hydrogens is 350 g/mol. The summed E-state index contributed by atoms with van der Waals surface area (Å²) in [4.78, 5) is 0. The quantitative estimate of drug-likeness (QED) is 0.597. The summed E-state index contributed by atoms with van der Waals surface area (Å²) in [6.07, 6.45) is -7.47. The van der Waals surface area contributed by atoms with Crippen LogP contribution in [0.4, 0.5) is 8.78 Å². The lowest BCUT2D eigenvalue weighted by Crippen LogP contribution is -2.58. The molecule has 2 aliphatic rings. The van der Waals surface area contributed by atoms with E-state index in [1.807, 2.05) is 6.92 Å². The Morgan fingerprint density at radius 2 is 1.92 bits per heavy atom. The molecule has 1 aromatic rings. The molecule has 0 saturated carbocycles. The minimum absolute atomic E-state index is 0.0942. The van der Waals surface area contributed by atoms with Gasteiger partial charge in [0.25, 0.3) is 0 Å². The molecule has 26 heavy (non-hydrogen) atoms. The molecule has 0 radical (unpaired) electrons. The van der Waals surface area contributed by atoms with Crippen molar-refractivity contribution in [3.05, 3.63) is 35.6 Å². The molecule has 9 heteroatoms. The van der Waals surface area contributed by atoms with Gasteiger partial charge in [-0.15, -0.1) is 5.10 Å². The van der Waals surface area contributed by atoms with Crippen LogP contribution < -0.4 is 5.43 Å². The van der Waals surface area contributed by atoms with E-state index in [0.717, 1.165) is 5.56 Å². The Morgan fingerprint density at radius 1 is 1.23 bits per heavy atom. The SMILES string of the molecule is CC1NN=C(OC2OC(CO)C(F)C(O)C2O)C1Cc1ccc(F)cc1. The lowest BCUT2D eigenvalue weighted by Gasteiger charge is -2.38. The smallest absolute Gasteiger partial charge is 0.230 e. The van der Waals surface area contributed by atoms with Gasteiger partial charge in [-0.3, -0.25) is 0 Å². The fourth-order valence-corrected chi connectivity index (χ4v) is 3.06. The molecule has 2 aliphatic heterocycles. The molecule has 144 valence electrons. The molecule has 0 spiro atoms. The monoisotopic (exact) mass is 372 g/mol. The van der Waals surface area contributed by atoms with E-state index in [2.05, 4.69) is 10.5 Å². The van der Waals surface area contributed by atoms with Crippen molar-refractivity contribution < 1.29 is 33.6 Å². The summed E-state index contributed by atoms with van der Waals surface area (Å²) >= 11 is 0. The lowest BCUT2D eigenvalue weighted by molar-refractivity contribution is -0.270. The van der Waals surface area contributed by atoms with Crippen molar-refractivity contribution in [2.75, 3.05) is 6.61 Å². The van der Waals surface area contributed by atoms with Crippen LogP contribution in [0.25, 0.3) is 0 Å². The van der Waals surface area contributed by atoms with Crippen LogP contribution in [0.15, 0.2) is 29.4 Å². The molecule has 0 aliphatic carbocycles. The number of hydrogen-bond acceptors (Lipinski definition) is 7. The summed E-state index contributed by atoms with van der Waals surface area (Å²) in [5, 5.41) is 33.0. The Labute approximate surface area is 149 Å². The van der Waals surface area contributed by atoms with E-state index in [0.29, 0.717) is 6.42 Å². The molecule has 2 heterocycles. The number of nitrogens with one attached hydrogen (secondary N) is 1. The normalized spacial score (nSPS) is 37.2. The number of rotatable bonds is 4. The molecule has 7 nitrogen and oxygen atoms in total. The minimum atomic E-state index is -1.92. The Hall–Kier alpha value is -1.81. The maximum absolute atomic E-state index is 13.8. The van der Waals surface area contributed by atoms with Gasteiger partial charge in [0, 0.05) is 0 Å². The fraction of sp³-hybridized carbons (Fsp3) is 0.588. The number of halogens is 2. The number of benzene rings is 1. The van der Waals surface area contributed by atoms with Gasteiger partial charge in [-0.25, -0.2) is 8.78 Å². The molecule has 1 aromatic carbocycles. The molecule has 4 N–H and O–H groups in total. The zero-order valence-electron chi connectivity index (χ0n) is 14.1. The first-order valence-corrected chi connectivity index (χ1v) is 8.41. The zero-order chi connectivity index (χ0) is 18.8. The minimum Gasteiger partial charge on any atom is -0.447 e. The van der Waals surface area contributed by atoms with Crippen LogP contribution in [-0.2, 0) is 15.9 Å². The first-order valence-electron chi connectivity index (χ1n) is 8.41. The zero-order valence-corrected chi connectivity index (χ0v) is 14.1. The summed E-state index contributed by atoms with van der Waals surface area (Å²) in [5.74, 6) is -0.337. The second-order valence-corrected chi connectivity index (χ2v) is 6.57. The second-order valence-electron chi connectivity index (χ2n) is 6.57. The first kappa shape index (κ1) is 19.0. The standard InChI is InChI=1S/C17H22F2N2O5/c1-8-11(6-9-2-4-10(18)5-3-9)16(21-20-8)26-17-15(24)14(23)13(19)12(7-22)25-17/h2-5,8,11-15,17,20,22-24H,6-7H2,1H3. The third kappa shape index (κ3) is 3.80. The summed E-state index contributed by atoms with van der Waals surface area (Å²) in [7, 11) is 0. The summed E-state index contributed by atoms with van der Waals surface area (Å²) in [6, 6.07) is 5.94. The fourth-order valence-electron chi connectivity index (χ4n) is 3.06. The number of nitrogens with zero attached hydrogens (tertiary/aromatic N) is 1. The average Bonchev–Trinajstić information content (AvgIpc) is 2.97. The highest BCUT2D eigenvalue weighted by Crippen LogP contribution is 2.27. The highest BCUT2D eigenvalue weighted by Gasteiger charge is 2.47. The largest absolute Gasteiger partial charge is 0.447 e. The van der Waals surface area contributed by atoms with Crippen molar-refractivity contribution in [3.8, 4) is 0 Å². The predicted molar refractivity (Wildman–Crippen MR) is 87.4 cm³/mol. The molecule has 0 bridgehead atoms. The van der Waals surface area contributed by atoms with E-state index in [-0.39, 0.29) is 23.7 Å². The number of aliphatic hydroxyl groups excluding tert-OH is 3. The molecule has 3 rings (SSSR count). The van der Waals surface area contributed by atoms with Crippen molar-refractivity contribution in [3.63, 3.8) is 0 Å². The van der Waals surface area contributed by atoms with Gasteiger partial charge in [-0.05, 0) is 31.0 Å². The summed E-state index contributed by atoms with van der Waals surface area (Å²) in [5.41, 5.74) is 3.73. The molecule has 7 unspecified atom stereocenters. The Balaban J connectivity index is 1.70. The topological polar surface area (TPSA) is 104 Å². The van der Waals surface area contributed by atoms with E-state index < -0.39 is 37.4 Å². The maximum Gasteiger partial charge on any atom is 0.230 e. The van der Waals surface area contributed by atoms with Gasteiger partial charge in [0.15, 0.2) is 6.17 Å². The van der Waals surface area contributed by atoms with Gasteiger partial charge in [0.05, 0.1) is 18.6 Å². The van der Waals surface area contributed by atoms with Gasteiger partial charge >= 0.3 is 0 Å². The first-order chi connectivity index (χ1) is 12.4. The third-order valence-corrected chi connectivity index (χ3v) is 4.70. The highest BCUT2D eigenvalue weighted by atomic mass is 19.1. The van der Waals surface area contributed by atoms with Crippen LogP contribution >= 0.6 is 0 Å². The maximum atomic E-state index is 13.8. The van der Waals surface area contributed by atoms with E-state index in [9.17, 15) is 19.0 Å². The number of ether oxygens (including phenoxy) is 2. The van der Waals surface area contributed by atoms with Gasteiger partial charge in [-0.2, -0.15) is 0 Å². The van der Waals surface area contributed by atoms with E-state index in [1.165, 1.54) is 12.1 Å². The van der Waals surface area contributed by atoms with Crippen molar-refractivity contribution in [1.82, 2.24) is 5.43 Å². The van der Waals surface area contributed by atoms with Crippen molar-refractivity contribution in [2.24, 2.45) is 11.0 Å². The van der Waals surface area contributed by atoms with Gasteiger partial charge in [0.2, 0.25) is 12.2 Å². The Kier molecular flexibility index (Phi) is 5.71. The van der Waals surface area contributed by atoms with E-state index in [1.54, 1.807) is 12.1 Å². The summed E-state index contributed by atoms with van der Waals surface area (Å²) < 4.78 is 37.7. The number of alkyl halides is 1. The number of hydrazone groups is 1. The Morgan fingerprint density at radius 3 is 2.58 bits per heavy atom. The van der Waals surface area contributed by atoms with Crippen LogP contribution in [-0.4, -0.2) is 64.6 Å². The van der Waals surface area contributed by atoms with Crippen molar-refractivity contribution in [1.29, 1.82) is 0 Å². The Bertz CT molecular complexity index is 643. The van der Waals surface area contributed by atoms with Crippen LogP contribution in [0, 0.1) is 11.7 Å². The molecule has 1 saturated heterocycles.